The first-order chi connectivity index (χ1) is 18.3. The second-order valence-corrected chi connectivity index (χ2v) is 13.6. The van der Waals surface area contributed by atoms with Gasteiger partial charge in [-0.25, -0.2) is 17.8 Å². The monoisotopic (exact) mass is 557 g/mol. The van der Waals surface area contributed by atoms with Crippen molar-refractivity contribution < 1.29 is 17.9 Å². The largest absolute Gasteiger partial charge is 0.387 e. The number of benzene rings is 1. The van der Waals surface area contributed by atoms with Crippen LogP contribution in [0.25, 0.3) is 10.9 Å². The van der Waals surface area contributed by atoms with E-state index in [1.165, 1.54) is 13.2 Å². The molecule has 4 atom stereocenters. The van der Waals surface area contributed by atoms with Crippen molar-refractivity contribution in [3.63, 3.8) is 0 Å². The number of piperidine rings is 1. The molecule has 0 spiro atoms. The second-order valence-electron chi connectivity index (χ2n) is 11.5. The van der Waals surface area contributed by atoms with Crippen molar-refractivity contribution in [2.45, 2.75) is 57.8 Å². The third-order valence-electron chi connectivity index (χ3n) is 7.95. The lowest BCUT2D eigenvalue weighted by atomic mass is 9.89. The number of hydrogen-bond acceptors (Lipinski definition) is 10. The molecule has 5 rings (SSSR count). The molecule has 2 N–H and O–H groups in total. The zero-order valence-electron chi connectivity index (χ0n) is 23.0. The molecule has 2 saturated heterocycles. The Morgan fingerprint density at radius 1 is 1.21 bits per heavy atom. The number of hydrogen-bond donors (Lipinski definition) is 2. The van der Waals surface area contributed by atoms with Crippen molar-refractivity contribution in [3.8, 4) is 0 Å². The number of rotatable bonds is 7. The maximum Gasteiger partial charge on any atom is 0.227 e. The molecule has 0 unspecified atom stereocenters. The van der Waals surface area contributed by atoms with Gasteiger partial charge in [0.25, 0.3) is 0 Å². The Hall–Kier alpha value is -3.12. The minimum atomic E-state index is -3.04. The maximum atomic E-state index is 14.4. The van der Waals surface area contributed by atoms with Crippen LogP contribution in [-0.4, -0.2) is 83.1 Å². The van der Waals surface area contributed by atoms with Crippen molar-refractivity contribution in [1.82, 2.24) is 20.2 Å². The molecule has 0 aliphatic carbocycles. The van der Waals surface area contributed by atoms with Crippen molar-refractivity contribution in [3.05, 3.63) is 36.0 Å². The minimum absolute atomic E-state index is 0.0206. The Balaban J connectivity index is 1.40. The zero-order chi connectivity index (χ0) is 28.1. The molecule has 3 aromatic rings. The molecule has 1 aromatic carbocycles. The van der Waals surface area contributed by atoms with E-state index in [2.05, 4.69) is 56.4 Å². The zero-order valence-corrected chi connectivity index (χ0v) is 23.8. The lowest BCUT2D eigenvalue weighted by Crippen LogP contribution is -2.57. The number of aliphatic hydroxyl groups is 1. The second kappa shape index (κ2) is 10.1. The molecule has 0 amide bonds. The molecule has 210 valence electrons. The van der Waals surface area contributed by atoms with E-state index in [0.29, 0.717) is 30.7 Å². The molecule has 2 fully saturated rings. The summed E-state index contributed by atoms with van der Waals surface area (Å²) in [4.78, 5) is 12.8. The first-order valence-electron chi connectivity index (χ1n) is 13.3. The molecule has 39 heavy (non-hydrogen) atoms. The average molecular weight is 558 g/mol. The van der Waals surface area contributed by atoms with Gasteiger partial charge in [-0.15, -0.1) is 10.2 Å². The third-order valence-corrected chi connectivity index (χ3v) is 8.98. The number of alkyl halides is 1. The molecular formula is C27H36FN7O3S. The van der Waals surface area contributed by atoms with Crippen LogP contribution in [0.5, 0.6) is 0 Å². The summed E-state index contributed by atoms with van der Waals surface area (Å²) in [6, 6.07) is 7.90. The van der Waals surface area contributed by atoms with Crippen LogP contribution in [0, 0.1) is 5.92 Å². The van der Waals surface area contributed by atoms with Gasteiger partial charge in [0, 0.05) is 42.9 Å². The van der Waals surface area contributed by atoms with E-state index in [-0.39, 0.29) is 36.6 Å². The topological polar surface area (TPSA) is 124 Å². The van der Waals surface area contributed by atoms with Gasteiger partial charge in [0.2, 0.25) is 5.95 Å². The summed E-state index contributed by atoms with van der Waals surface area (Å²) >= 11 is 0. The smallest absolute Gasteiger partial charge is 0.227 e. The van der Waals surface area contributed by atoms with Gasteiger partial charge >= 0.3 is 0 Å². The van der Waals surface area contributed by atoms with E-state index >= 15 is 0 Å². The van der Waals surface area contributed by atoms with Crippen LogP contribution < -0.4 is 15.1 Å². The van der Waals surface area contributed by atoms with Crippen LogP contribution >= 0.6 is 0 Å². The molecule has 2 aliphatic rings. The van der Waals surface area contributed by atoms with E-state index in [1.54, 1.807) is 17.2 Å². The van der Waals surface area contributed by atoms with Crippen molar-refractivity contribution in [2.24, 2.45) is 5.92 Å². The summed E-state index contributed by atoms with van der Waals surface area (Å²) in [6.07, 6.45) is 1.79. The van der Waals surface area contributed by atoms with Gasteiger partial charge in [-0.3, -0.25) is 0 Å². The third kappa shape index (κ3) is 5.62. The summed E-state index contributed by atoms with van der Waals surface area (Å²) in [7, 11) is -3.04. The van der Waals surface area contributed by atoms with E-state index in [9.17, 15) is 17.9 Å². The highest BCUT2D eigenvalue weighted by Gasteiger charge is 2.39. The number of halogens is 1. The van der Waals surface area contributed by atoms with Crippen LogP contribution in [0.15, 0.2) is 30.5 Å². The van der Waals surface area contributed by atoms with Crippen LogP contribution in [0.4, 0.5) is 27.7 Å². The highest BCUT2D eigenvalue weighted by atomic mass is 32.2. The summed E-state index contributed by atoms with van der Waals surface area (Å²) in [6.45, 7) is 8.94. The Morgan fingerprint density at radius 3 is 2.64 bits per heavy atom. The number of anilines is 4. The van der Waals surface area contributed by atoms with Gasteiger partial charge in [-0.2, -0.15) is 4.98 Å². The van der Waals surface area contributed by atoms with Crippen molar-refractivity contribution >= 4 is 44.0 Å². The predicted octanol–water partition coefficient (Wildman–Crippen LogP) is 3.46. The summed E-state index contributed by atoms with van der Waals surface area (Å²) in [5, 5.41) is 23.4. The average Bonchev–Trinajstić information content (AvgIpc) is 2.86. The molecule has 4 heterocycles. The predicted molar refractivity (Wildman–Crippen MR) is 151 cm³/mol. The Bertz CT molecular complexity index is 1480. The van der Waals surface area contributed by atoms with E-state index in [1.807, 2.05) is 13.0 Å². The summed E-state index contributed by atoms with van der Waals surface area (Å²) in [5.74, 6) is 1.91. The number of sulfone groups is 1. The highest BCUT2D eigenvalue weighted by molar-refractivity contribution is 7.90. The van der Waals surface area contributed by atoms with Crippen LogP contribution in [-0.2, 0) is 9.84 Å². The molecule has 2 aromatic heterocycles. The Morgan fingerprint density at radius 2 is 1.97 bits per heavy atom. The van der Waals surface area contributed by atoms with Crippen LogP contribution in [0.2, 0.25) is 0 Å². The van der Waals surface area contributed by atoms with Crippen molar-refractivity contribution in [1.29, 1.82) is 0 Å². The highest BCUT2D eigenvalue weighted by Crippen LogP contribution is 2.38. The quantitative estimate of drug-likeness (QED) is 0.446. The lowest BCUT2D eigenvalue weighted by Gasteiger charge is -2.48. The number of aromatic nitrogens is 4. The first kappa shape index (κ1) is 27.4. The standard InChI is InChI=1S/C27H36FN7O3S/c1-16(2)19-6-7-21(35-13-18(17(35)3)15-39(5,37)38)25-20(19)12-24(32-33-25)30-23-8-10-29-26(31-23)34-11-9-27(4,36)22(28)14-34/h6-8,10,12,16-18,22,36H,9,11,13-15H2,1-5H3,(H,29,30,31,32)/t17-,18-,22+,27-/m1/s1. The maximum absolute atomic E-state index is 14.4. The summed E-state index contributed by atoms with van der Waals surface area (Å²) in [5.41, 5.74) is 1.50. The van der Waals surface area contributed by atoms with Gasteiger partial charge in [-0.05, 0) is 49.9 Å². The molecule has 0 saturated carbocycles. The van der Waals surface area contributed by atoms with E-state index in [0.717, 1.165) is 22.2 Å². The van der Waals surface area contributed by atoms with Crippen LogP contribution in [0.3, 0.4) is 0 Å². The van der Waals surface area contributed by atoms with Gasteiger partial charge < -0.3 is 20.2 Å². The molecule has 0 radical (unpaired) electrons. The fraction of sp³-hybridized carbons (Fsp3) is 0.556. The Kier molecular flexibility index (Phi) is 7.13. The SMILES string of the molecule is CC(C)c1ccc(N2C[C@H](CS(C)(=O)=O)[C@H]2C)c2nnc(Nc3ccnc(N4CC[C@@](C)(O)[C@@H](F)C4)n3)cc12. The first-order valence-corrected chi connectivity index (χ1v) is 15.3. The fourth-order valence-corrected chi connectivity index (χ4v) is 6.57. The van der Waals surface area contributed by atoms with Gasteiger partial charge in [-0.1, -0.05) is 19.9 Å². The number of nitrogens with zero attached hydrogens (tertiary/aromatic N) is 6. The molecule has 10 nitrogen and oxygen atoms in total. The molecule has 0 bridgehead atoms. The van der Waals surface area contributed by atoms with Crippen LogP contribution in [0.1, 0.15) is 45.6 Å². The lowest BCUT2D eigenvalue weighted by molar-refractivity contribution is -0.0332. The minimum Gasteiger partial charge on any atom is -0.387 e. The normalized spacial score (nSPS) is 25.7. The fourth-order valence-electron chi connectivity index (χ4n) is 5.40. The van der Waals surface area contributed by atoms with E-state index < -0.39 is 21.6 Å². The molecule has 2 aliphatic heterocycles. The Labute approximate surface area is 228 Å². The molecular weight excluding hydrogens is 521 g/mol. The molecule has 12 heteroatoms. The van der Waals surface area contributed by atoms with Gasteiger partial charge in [0.1, 0.15) is 27.3 Å². The number of nitrogens with one attached hydrogen (secondary N) is 1. The number of fused-ring (bicyclic) bond motifs is 1. The summed E-state index contributed by atoms with van der Waals surface area (Å²) < 4.78 is 38.0. The van der Waals surface area contributed by atoms with Gasteiger partial charge in [0.05, 0.1) is 23.6 Å². The van der Waals surface area contributed by atoms with Crippen molar-refractivity contribution in [2.75, 3.05) is 46.8 Å². The van der Waals surface area contributed by atoms with E-state index in [4.69, 9.17) is 0 Å². The van der Waals surface area contributed by atoms with Gasteiger partial charge in [0.15, 0.2) is 5.82 Å².